The molecule has 1 aromatic rings. The number of aliphatic hydroxyl groups excluding tert-OH is 1. The lowest BCUT2D eigenvalue weighted by atomic mass is 10.1. The van der Waals surface area contributed by atoms with Crippen LogP contribution in [0.2, 0.25) is 0 Å². The number of nitrogens with zero attached hydrogens (tertiary/aromatic N) is 1. The van der Waals surface area contributed by atoms with Crippen LogP contribution in [0.15, 0.2) is 30.3 Å². The number of nitrogens with one attached hydrogen (secondary N) is 1. The van der Waals surface area contributed by atoms with Crippen molar-refractivity contribution in [1.82, 2.24) is 10.2 Å². The smallest absolute Gasteiger partial charge is 0.242 e. The van der Waals surface area contributed by atoms with Crippen LogP contribution in [0, 0.1) is 0 Å². The second kappa shape index (κ2) is 7.05. The highest BCUT2D eigenvalue weighted by Crippen LogP contribution is 2.16. The summed E-state index contributed by atoms with van der Waals surface area (Å²) in [4.78, 5) is 25.4. The van der Waals surface area contributed by atoms with Crippen LogP contribution in [-0.2, 0) is 16.0 Å². The number of aliphatic hydroxyl groups is 1. The van der Waals surface area contributed by atoms with E-state index in [-0.39, 0.29) is 37.4 Å². The third-order valence-corrected chi connectivity index (χ3v) is 3.55. The van der Waals surface area contributed by atoms with Gasteiger partial charge in [-0.1, -0.05) is 30.3 Å². The zero-order valence-electron chi connectivity index (χ0n) is 11.4. The number of hydrogen-bond acceptors (Lipinski definition) is 3. The molecule has 0 bridgehead atoms. The number of likely N-dealkylation sites (tertiary alicyclic amines) is 1. The molecule has 0 unspecified atom stereocenters. The van der Waals surface area contributed by atoms with Gasteiger partial charge in [0.1, 0.15) is 0 Å². The van der Waals surface area contributed by atoms with Crippen molar-refractivity contribution in [2.45, 2.75) is 25.3 Å². The molecule has 1 aliphatic heterocycles. The first-order valence-electron chi connectivity index (χ1n) is 6.91. The van der Waals surface area contributed by atoms with Crippen molar-refractivity contribution in [1.29, 1.82) is 0 Å². The minimum Gasteiger partial charge on any atom is -0.394 e. The number of rotatable bonds is 5. The summed E-state index contributed by atoms with van der Waals surface area (Å²) in [6, 6.07) is 9.32. The van der Waals surface area contributed by atoms with Gasteiger partial charge in [-0.2, -0.15) is 0 Å². The number of carbonyl (C=O) groups excluding carboxylic acids is 2. The molecular formula is C15H20N2O3. The van der Waals surface area contributed by atoms with Gasteiger partial charge in [0.25, 0.3) is 0 Å². The predicted octanol–water partition coefficient (Wildman–Crippen LogP) is 0.329. The molecule has 1 fully saturated rings. The molecule has 1 atom stereocenters. The van der Waals surface area contributed by atoms with Crippen LogP contribution >= 0.6 is 0 Å². The Balaban J connectivity index is 1.77. The van der Waals surface area contributed by atoms with E-state index < -0.39 is 0 Å². The fourth-order valence-corrected chi connectivity index (χ4v) is 2.47. The molecule has 2 amide bonds. The largest absolute Gasteiger partial charge is 0.394 e. The molecule has 0 saturated carbocycles. The predicted molar refractivity (Wildman–Crippen MR) is 75.0 cm³/mol. The Morgan fingerprint density at radius 2 is 2.05 bits per heavy atom. The van der Waals surface area contributed by atoms with E-state index in [0.717, 1.165) is 18.4 Å². The van der Waals surface area contributed by atoms with Gasteiger partial charge < -0.3 is 15.3 Å². The Kier molecular flexibility index (Phi) is 5.12. The van der Waals surface area contributed by atoms with E-state index >= 15 is 0 Å². The van der Waals surface area contributed by atoms with Gasteiger partial charge >= 0.3 is 0 Å². The Bertz CT molecular complexity index is 461. The fourth-order valence-electron chi connectivity index (χ4n) is 2.47. The minimum atomic E-state index is -0.163. The Morgan fingerprint density at radius 3 is 2.75 bits per heavy atom. The molecule has 0 radical (unpaired) electrons. The van der Waals surface area contributed by atoms with E-state index in [1.807, 2.05) is 30.3 Å². The highest BCUT2D eigenvalue weighted by molar-refractivity contribution is 5.86. The first kappa shape index (κ1) is 14.5. The van der Waals surface area contributed by atoms with Crippen LogP contribution in [0.4, 0.5) is 0 Å². The lowest BCUT2D eigenvalue weighted by Crippen LogP contribution is -2.44. The molecule has 108 valence electrons. The Morgan fingerprint density at radius 1 is 1.30 bits per heavy atom. The first-order chi connectivity index (χ1) is 9.70. The van der Waals surface area contributed by atoms with E-state index in [1.165, 1.54) is 0 Å². The van der Waals surface area contributed by atoms with Gasteiger partial charge in [0.2, 0.25) is 11.8 Å². The van der Waals surface area contributed by atoms with Gasteiger partial charge in [0.15, 0.2) is 0 Å². The zero-order valence-corrected chi connectivity index (χ0v) is 11.4. The molecule has 1 aliphatic rings. The minimum absolute atomic E-state index is 0.00215. The molecule has 0 spiro atoms. The molecular weight excluding hydrogens is 256 g/mol. The molecule has 2 rings (SSSR count). The summed E-state index contributed by atoms with van der Waals surface area (Å²) in [6.45, 7) is 0.657. The monoisotopic (exact) mass is 276 g/mol. The number of carbonyl (C=O) groups is 2. The zero-order chi connectivity index (χ0) is 14.4. The molecule has 0 aliphatic carbocycles. The van der Waals surface area contributed by atoms with E-state index in [1.54, 1.807) is 4.90 Å². The summed E-state index contributed by atoms with van der Waals surface area (Å²) >= 11 is 0. The second-order valence-electron chi connectivity index (χ2n) is 5.00. The van der Waals surface area contributed by atoms with Gasteiger partial charge in [0.05, 0.1) is 25.6 Å². The number of amides is 2. The van der Waals surface area contributed by atoms with E-state index in [0.29, 0.717) is 6.54 Å². The van der Waals surface area contributed by atoms with Crippen LogP contribution in [0.5, 0.6) is 0 Å². The van der Waals surface area contributed by atoms with Crippen LogP contribution in [-0.4, -0.2) is 47.6 Å². The molecule has 0 aromatic heterocycles. The van der Waals surface area contributed by atoms with E-state index in [9.17, 15) is 14.7 Å². The summed E-state index contributed by atoms with van der Waals surface area (Å²) in [6.07, 6.45) is 2.02. The Labute approximate surface area is 118 Å². The van der Waals surface area contributed by atoms with Gasteiger partial charge in [-0.15, -0.1) is 0 Å². The van der Waals surface area contributed by atoms with Gasteiger partial charge in [0, 0.05) is 6.54 Å². The van der Waals surface area contributed by atoms with Crippen molar-refractivity contribution in [2.75, 3.05) is 19.7 Å². The average Bonchev–Trinajstić information content (AvgIpc) is 2.94. The maximum absolute atomic E-state index is 12.0. The fraction of sp³-hybridized carbons (Fsp3) is 0.467. The summed E-state index contributed by atoms with van der Waals surface area (Å²) in [5.74, 6) is -0.285. The highest BCUT2D eigenvalue weighted by Gasteiger charge is 2.27. The quantitative estimate of drug-likeness (QED) is 0.814. The molecule has 5 nitrogen and oxygen atoms in total. The van der Waals surface area contributed by atoms with Crippen molar-refractivity contribution in [3.63, 3.8) is 0 Å². The topological polar surface area (TPSA) is 69.6 Å². The molecule has 20 heavy (non-hydrogen) atoms. The van der Waals surface area contributed by atoms with Crippen LogP contribution in [0.25, 0.3) is 0 Å². The second-order valence-corrected chi connectivity index (χ2v) is 5.00. The average molecular weight is 276 g/mol. The third-order valence-electron chi connectivity index (χ3n) is 3.55. The molecule has 2 N–H and O–H groups in total. The summed E-state index contributed by atoms with van der Waals surface area (Å²) in [5.41, 5.74) is 0.923. The van der Waals surface area contributed by atoms with Crippen LogP contribution in [0.1, 0.15) is 18.4 Å². The van der Waals surface area contributed by atoms with Crippen molar-refractivity contribution in [2.24, 2.45) is 0 Å². The van der Waals surface area contributed by atoms with E-state index in [4.69, 9.17) is 0 Å². The maximum atomic E-state index is 12.0. The molecule has 1 aromatic carbocycles. The number of hydrogen-bond donors (Lipinski definition) is 2. The summed E-state index contributed by atoms with van der Waals surface area (Å²) < 4.78 is 0. The first-order valence-corrected chi connectivity index (χ1v) is 6.91. The van der Waals surface area contributed by atoms with Gasteiger partial charge in [-0.05, 0) is 18.4 Å². The molecule has 1 heterocycles. The molecule has 1 saturated heterocycles. The maximum Gasteiger partial charge on any atom is 0.242 e. The third kappa shape index (κ3) is 3.81. The van der Waals surface area contributed by atoms with Gasteiger partial charge in [-0.25, -0.2) is 0 Å². The van der Waals surface area contributed by atoms with Gasteiger partial charge in [-0.3, -0.25) is 9.59 Å². The highest BCUT2D eigenvalue weighted by atomic mass is 16.3. The number of benzene rings is 1. The van der Waals surface area contributed by atoms with Crippen molar-refractivity contribution >= 4 is 11.8 Å². The summed E-state index contributed by atoms with van der Waals surface area (Å²) in [7, 11) is 0. The van der Waals surface area contributed by atoms with Crippen LogP contribution in [0.3, 0.4) is 0 Å². The van der Waals surface area contributed by atoms with Crippen molar-refractivity contribution < 1.29 is 14.7 Å². The summed E-state index contributed by atoms with van der Waals surface area (Å²) in [5, 5.41) is 11.8. The normalized spacial score (nSPS) is 18.1. The van der Waals surface area contributed by atoms with Crippen molar-refractivity contribution in [3.05, 3.63) is 35.9 Å². The Hall–Kier alpha value is -1.88. The lowest BCUT2D eigenvalue weighted by Gasteiger charge is -2.23. The SMILES string of the molecule is O=C(Cc1ccccc1)NCC(=O)N1CCC[C@@H]1CO. The van der Waals surface area contributed by atoms with Crippen LogP contribution < -0.4 is 5.32 Å². The lowest BCUT2D eigenvalue weighted by molar-refractivity contribution is -0.134. The molecule has 5 heteroatoms. The van der Waals surface area contributed by atoms with E-state index in [2.05, 4.69) is 5.32 Å². The standard InChI is InChI=1S/C15H20N2O3/c18-11-13-7-4-8-17(13)15(20)10-16-14(19)9-12-5-2-1-3-6-12/h1-3,5-6,13,18H,4,7-11H2,(H,16,19)/t13-/m1/s1. The van der Waals surface area contributed by atoms with Crippen molar-refractivity contribution in [3.8, 4) is 0 Å².